The summed E-state index contributed by atoms with van der Waals surface area (Å²) in [4.78, 5) is 96.3. The van der Waals surface area contributed by atoms with Crippen LogP contribution in [0.25, 0.3) is 21.8 Å². The van der Waals surface area contributed by atoms with Gasteiger partial charge in [0.15, 0.2) is 11.6 Å². The molecule has 9 aliphatic rings. The number of aryl methyl sites for hydroxylation is 4. The molecule has 1 N–H and O–H groups in total. The highest BCUT2D eigenvalue weighted by molar-refractivity contribution is 7.91. The quantitative estimate of drug-likeness (QED) is 0.146. The minimum Gasteiger partial charge on any atom is -0.483 e. The molecule has 10 atom stereocenters. The van der Waals surface area contributed by atoms with Crippen molar-refractivity contribution in [2.45, 2.75) is 211 Å². The zero-order valence-electron chi connectivity index (χ0n) is 52.4. The van der Waals surface area contributed by atoms with Crippen LogP contribution in [-0.4, -0.2) is 111 Å². The van der Waals surface area contributed by atoms with Crippen LogP contribution in [0.4, 0.5) is 8.78 Å². The van der Waals surface area contributed by atoms with Crippen LogP contribution in [0, 0.1) is 60.0 Å². The van der Waals surface area contributed by atoms with Crippen molar-refractivity contribution in [1.29, 1.82) is 0 Å². The summed E-state index contributed by atoms with van der Waals surface area (Å²) in [6.07, 6.45) is 22.1. The van der Waals surface area contributed by atoms with Gasteiger partial charge in [0.25, 0.3) is 0 Å². The number of nitrogens with one attached hydrogen (secondary N) is 1. The molecule has 2 spiro atoms. The van der Waals surface area contributed by atoms with E-state index in [0.29, 0.717) is 105 Å². The Labute approximate surface area is 520 Å². The van der Waals surface area contributed by atoms with Gasteiger partial charge in [0.1, 0.15) is 34.3 Å². The molecule has 3 saturated carbocycles. The molecule has 0 radical (unpaired) electrons. The second-order valence-electron chi connectivity index (χ2n) is 28.0. The molecule has 3 amide bonds. The lowest BCUT2D eigenvalue weighted by molar-refractivity contribution is -0.152. The first kappa shape index (κ1) is 62.6. The lowest BCUT2D eigenvalue weighted by atomic mass is 9.85. The molecule has 2 aromatic heterocycles. The van der Waals surface area contributed by atoms with Crippen molar-refractivity contribution >= 4 is 67.1 Å². The molecule has 2 aromatic carbocycles. The molecule has 3 aliphatic carbocycles. The van der Waals surface area contributed by atoms with E-state index in [-0.39, 0.29) is 97.1 Å². The summed E-state index contributed by atoms with van der Waals surface area (Å²) in [5.41, 5.74) is 0.974. The highest BCUT2D eigenvalue weighted by Crippen LogP contribution is 2.60. The number of fused-ring (bicyclic) bond motifs is 10. The van der Waals surface area contributed by atoms with Crippen molar-refractivity contribution in [3.8, 4) is 11.5 Å². The van der Waals surface area contributed by atoms with Gasteiger partial charge >= 0.3 is 5.97 Å². The summed E-state index contributed by atoms with van der Waals surface area (Å²) >= 11 is 0. The predicted octanol–water partition coefficient (Wildman–Crippen LogP) is 11.5. The molecule has 4 aromatic rings. The van der Waals surface area contributed by atoms with E-state index in [1.807, 2.05) is 39.8 Å². The number of benzene rings is 2. The molecule has 16 nitrogen and oxygen atoms in total. The first-order valence-corrected chi connectivity index (χ1v) is 34.2. The number of ketones is 2. The van der Waals surface area contributed by atoms with E-state index in [1.54, 1.807) is 35.8 Å². The number of allylic oxidation sites excluding steroid dienone is 4. The van der Waals surface area contributed by atoms with Crippen LogP contribution < -0.4 is 14.2 Å². The molecular formula is C70H85F2N5O11S. The van der Waals surface area contributed by atoms with Crippen molar-refractivity contribution < 1.29 is 60.2 Å². The Morgan fingerprint density at radius 2 is 1.12 bits per heavy atom. The van der Waals surface area contributed by atoms with Gasteiger partial charge in [-0.1, -0.05) is 63.8 Å². The van der Waals surface area contributed by atoms with Gasteiger partial charge in [-0.25, -0.2) is 27.2 Å². The van der Waals surface area contributed by atoms with Crippen molar-refractivity contribution in [3.63, 3.8) is 0 Å². The minimum atomic E-state index is -3.89. The minimum absolute atomic E-state index is 0.0238. The SMILES string of the molecule is CCOC(=O)[C@]12CC(=O)[C@@H]3C[C@]4(CCc5c(c(C)nc6ccc(F)cc56)O4)CN3C(=O)[C@@H](C)CCCCC/C=C\[C@@H]1C2.Cc1nc2ccc(F)cc2c2c1O[C@]1(CC2)C[C@H]2C(=O)C[C@]3(C(=O)NS(=O)(=O)C4(C)CC4)C[C@H]3/C=C\CCCCC[C@H](C)C(=O)N2C1. The van der Waals surface area contributed by atoms with Crippen LogP contribution >= 0.6 is 0 Å². The van der Waals surface area contributed by atoms with E-state index in [4.69, 9.17) is 14.2 Å². The standard InChI is InChI=1S/C36H44FN3O6S.C34H41FN2O5/c1-22-9-7-5-4-6-8-10-24-18-36(24,33(43)39-47(44,45)34(3)15-16-34)20-30(41)29-19-35(21-40(29)32(22)42)14-13-26-27-17-25(37)11-12-28(27)38-23(2)31(26)46-35;1-4-41-32(40)34-17-23(34)11-9-7-5-6-8-10-21(2)31(39)37-20-33(18-28(37)29(38)19-34)15-14-25-26-16-24(35)12-13-27(26)36-22(3)30(25)42-33/h8,10-12,17,22,24,29H,4-7,9,13-16,18-21H2,1-3H3,(H,39,43);9,11-13,16,21,23,28H,4-8,10,14-15,17-20H2,1-3H3/b10-8-;11-9-/t22-,24+,29-,35+,36+;21-,23+,28-,33+,34+/m00/s1. The largest absolute Gasteiger partial charge is 0.483 e. The zero-order valence-corrected chi connectivity index (χ0v) is 53.2. The van der Waals surface area contributed by atoms with Crippen LogP contribution in [0.5, 0.6) is 11.5 Å². The molecule has 5 fully saturated rings. The first-order chi connectivity index (χ1) is 42.4. The van der Waals surface area contributed by atoms with Crippen molar-refractivity contribution in [3.05, 3.63) is 94.9 Å². The third kappa shape index (κ3) is 11.9. The number of pyridine rings is 2. The number of ether oxygens (including phenoxy) is 3. The Morgan fingerprint density at radius 1 is 0.663 bits per heavy atom. The number of carbonyl (C=O) groups is 6. The third-order valence-electron chi connectivity index (χ3n) is 21.6. The topological polar surface area (TPSA) is 209 Å². The summed E-state index contributed by atoms with van der Waals surface area (Å²) in [5.74, 6) is -1.67. The van der Waals surface area contributed by atoms with Crippen LogP contribution in [0.1, 0.15) is 179 Å². The molecule has 6 aliphatic heterocycles. The number of Topliss-reactive ketones (excluding diaryl/α,β-unsaturated/α-hetero) is 2. The van der Waals surface area contributed by atoms with E-state index in [0.717, 1.165) is 79.8 Å². The average molecular weight is 1240 g/mol. The van der Waals surface area contributed by atoms with Gasteiger partial charge in [0, 0.05) is 59.4 Å². The highest BCUT2D eigenvalue weighted by Gasteiger charge is 2.65. The van der Waals surface area contributed by atoms with Crippen molar-refractivity contribution in [1.82, 2.24) is 24.5 Å². The zero-order chi connectivity index (χ0) is 63.0. The molecular weight excluding hydrogens is 1160 g/mol. The lowest BCUT2D eigenvalue weighted by Gasteiger charge is -2.36. The summed E-state index contributed by atoms with van der Waals surface area (Å²) in [5, 5.41) is 1.44. The maximum Gasteiger partial charge on any atom is 0.313 e. The number of rotatable bonds is 5. The molecule has 2 saturated heterocycles. The third-order valence-corrected chi connectivity index (χ3v) is 23.7. The fraction of sp³-hybridized carbons (Fsp3) is 0.600. The number of aromatic nitrogens is 2. The van der Waals surface area contributed by atoms with Gasteiger partial charge in [0.2, 0.25) is 27.7 Å². The molecule has 0 unspecified atom stereocenters. The molecule has 13 rings (SSSR count). The Balaban J connectivity index is 0.000000174. The fourth-order valence-electron chi connectivity index (χ4n) is 15.6. The van der Waals surface area contributed by atoms with Gasteiger partial charge in [0.05, 0.1) is 69.8 Å². The van der Waals surface area contributed by atoms with Gasteiger partial charge in [-0.05, 0) is 166 Å². The highest BCUT2D eigenvalue weighted by atomic mass is 32.2. The number of esters is 1. The average Bonchev–Trinajstić information content (AvgIpc) is 1.64. The number of amides is 3. The second kappa shape index (κ2) is 23.9. The van der Waals surface area contributed by atoms with Gasteiger partial charge in [-0.15, -0.1) is 0 Å². The lowest BCUT2D eigenvalue weighted by Crippen LogP contribution is -2.47. The van der Waals surface area contributed by atoms with Crippen LogP contribution in [0.15, 0.2) is 60.7 Å². The number of halogens is 2. The summed E-state index contributed by atoms with van der Waals surface area (Å²) in [6.45, 7) is 11.8. The Hall–Kier alpha value is -6.63. The number of nitrogens with zero attached hydrogens (tertiary/aromatic N) is 4. The second-order valence-corrected chi connectivity index (χ2v) is 30.2. The van der Waals surface area contributed by atoms with Crippen molar-refractivity contribution in [2.75, 3.05) is 19.7 Å². The maximum atomic E-state index is 14.4. The fourth-order valence-corrected chi connectivity index (χ4v) is 16.9. The number of sulfonamides is 1. The van der Waals surface area contributed by atoms with E-state index in [2.05, 4.69) is 26.8 Å². The molecule has 19 heteroatoms. The van der Waals surface area contributed by atoms with Gasteiger partial charge < -0.3 is 24.0 Å². The molecule has 89 heavy (non-hydrogen) atoms. The van der Waals surface area contributed by atoms with E-state index < -0.39 is 54.8 Å². The summed E-state index contributed by atoms with van der Waals surface area (Å²) in [7, 11) is -3.89. The number of carbonyl (C=O) groups excluding carboxylic acids is 6. The van der Waals surface area contributed by atoms with Crippen LogP contribution in [0.3, 0.4) is 0 Å². The predicted molar refractivity (Wildman–Crippen MR) is 331 cm³/mol. The Kier molecular flexibility index (Phi) is 16.8. The maximum absolute atomic E-state index is 14.4. The Bertz CT molecular complexity index is 3740. The Morgan fingerprint density at radius 3 is 1.60 bits per heavy atom. The smallest absolute Gasteiger partial charge is 0.313 e. The van der Waals surface area contributed by atoms with E-state index in [9.17, 15) is 46.0 Å². The van der Waals surface area contributed by atoms with E-state index >= 15 is 0 Å². The van der Waals surface area contributed by atoms with E-state index in [1.165, 1.54) is 24.3 Å². The molecule has 8 heterocycles. The normalized spacial score (nSPS) is 32.5. The van der Waals surface area contributed by atoms with Crippen LogP contribution in [-0.2, 0) is 56.4 Å². The van der Waals surface area contributed by atoms with Gasteiger partial charge in [-0.2, -0.15) is 0 Å². The van der Waals surface area contributed by atoms with Crippen molar-refractivity contribution in [2.24, 2.45) is 34.5 Å². The first-order valence-electron chi connectivity index (χ1n) is 32.7. The molecule has 0 bridgehead atoms. The number of hydrogen-bond donors (Lipinski definition) is 1. The molecule has 476 valence electrons. The van der Waals surface area contributed by atoms with Crippen LogP contribution in [0.2, 0.25) is 0 Å². The monoisotopic (exact) mass is 1240 g/mol. The number of hydrogen-bond acceptors (Lipinski definition) is 13. The summed E-state index contributed by atoms with van der Waals surface area (Å²) < 4.78 is 74.9. The van der Waals surface area contributed by atoms with Gasteiger partial charge in [-0.3, -0.25) is 33.5 Å². The summed E-state index contributed by atoms with van der Waals surface area (Å²) in [6, 6.07) is 7.65.